The Morgan fingerprint density at radius 1 is 0.507 bits per heavy atom. The smallest absolute Gasteiger partial charge is 0.408 e. The molecule has 3 fully saturated rings. The molecule has 0 spiro atoms. The highest BCUT2D eigenvalue weighted by Crippen LogP contribution is 2.43. The van der Waals surface area contributed by atoms with Crippen LogP contribution in [0.4, 0.5) is 4.79 Å². The third-order valence-corrected chi connectivity index (χ3v) is 15.3. The molecule has 75 heavy (non-hydrogen) atoms. The van der Waals surface area contributed by atoms with Crippen LogP contribution in [0.2, 0.25) is 0 Å². The van der Waals surface area contributed by atoms with Gasteiger partial charge in [-0.05, 0) is 91.6 Å². The third kappa shape index (κ3) is 13.4. The monoisotopic (exact) mass is 1230 g/mol. The Kier molecular flexibility index (Phi) is 19.5. The third-order valence-electron chi connectivity index (χ3n) is 13.7. The number of esters is 1. The molecule has 3 aliphatic heterocycles. The van der Waals surface area contributed by atoms with Crippen molar-refractivity contribution in [3.8, 4) is 0 Å². The van der Waals surface area contributed by atoms with Gasteiger partial charge in [0.05, 0.1) is 26.9 Å². The first-order valence-electron chi connectivity index (χ1n) is 25.0. The van der Waals surface area contributed by atoms with Crippen LogP contribution >= 0.6 is 47.8 Å². The van der Waals surface area contributed by atoms with Crippen LogP contribution in [0.15, 0.2) is 86.2 Å². The van der Waals surface area contributed by atoms with Crippen molar-refractivity contribution in [1.29, 1.82) is 0 Å². The second-order valence-corrected chi connectivity index (χ2v) is 24.0. The minimum atomic E-state index is -1.89. The van der Waals surface area contributed by atoms with Crippen molar-refractivity contribution in [3.05, 3.63) is 103 Å². The van der Waals surface area contributed by atoms with Crippen LogP contribution in [-0.2, 0) is 52.5 Å². The van der Waals surface area contributed by atoms with Gasteiger partial charge in [-0.2, -0.15) is 0 Å². The number of alkyl carbamates (subject to hydrolysis) is 1. The fourth-order valence-electron chi connectivity index (χ4n) is 9.73. The summed E-state index contributed by atoms with van der Waals surface area (Å²) in [5, 5.41) is 17.5. The largest absolute Gasteiger partial charge is 0.467 e. The van der Waals surface area contributed by atoms with E-state index in [0.29, 0.717) is 16.7 Å². The van der Waals surface area contributed by atoms with Gasteiger partial charge in [0, 0.05) is 32.7 Å². The Hall–Kier alpha value is -4.93. The Bertz CT molecular complexity index is 2560. The van der Waals surface area contributed by atoms with Crippen molar-refractivity contribution >= 4 is 89.4 Å². The standard InChI is InChI=1S/C54H69Br3N6O12/c1-29(2)38(44(64)62-53(48(68)60-40(31(5)6)46(66)71-10)24-27-73-42(53)33-13-19-36(56)20-14-33)58-47(67)52(23-26-72-41(52)32-11-17-35(55)18-12-32)61-45(65)39(30(3)4)59-49(69)54(63-50(70)75-51(7,8)9)25-28-74-43(54)34-15-21-37(57)22-16-34/h11-22,29-31,38-43H,23-28H2,1-10H3,(H,58,67)(H,59,69)(H,60,68)(H,61,65)(H,62,64)(H,63,70)/t38-,39-,40-,41-,42-,43+,52+,53+,54-/m1/s1. The molecule has 3 saturated heterocycles. The second-order valence-electron chi connectivity index (χ2n) is 21.3. The number of amides is 6. The van der Waals surface area contributed by atoms with E-state index >= 15 is 19.2 Å². The number of hydrogen-bond donors (Lipinski definition) is 6. The molecule has 18 nitrogen and oxygen atoms in total. The molecule has 3 aromatic carbocycles. The minimum absolute atomic E-state index is 0.00240. The summed E-state index contributed by atoms with van der Waals surface area (Å²) in [5.74, 6) is -5.95. The number of methoxy groups -OCH3 is 1. The molecule has 0 aromatic heterocycles. The fraction of sp³-hybridized carbons (Fsp3) is 0.537. The lowest BCUT2D eigenvalue weighted by atomic mass is 9.83. The van der Waals surface area contributed by atoms with Crippen molar-refractivity contribution in [1.82, 2.24) is 31.9 Å². The number of benzene rings is 3. The maximum atomic E-state index is 15.5. The summed E-state index contributed by atoms with van der Waals surface area (Å²) >= 11 is 10.4. The average molecular weight is 1230 g/mol. The molecule has 6 amide bonds. The van der Waals surface area contributed by atoms with Gasteiger partial charge in [-0.3, -0.25) is 24.0 Å². The van der Waals surface area contributed by atoms with Gasteiger partial charge in [0.25, 0.3) is 0 Å². The van der Waals surface area contributed by atoms with Gasteiger partial charge in [0.2, 0.25) is 29.5 Å². The molecular weight excluding hydrogens is 1160 g/mol. The summed E-state index contributed by atoms with van der Waals surface area (Å²) < 4.78 is 31.7. The summed E-state index contributed by atoms with van der Waals surface area (Å²) in [6, 6.07) is 17.5. The maximum absolute atomic E-state index is 15.5. The number of carbonyl (C=O) groups excluding carboxylic acids is 7. The van der Waals surface area contributed by atoms with E-state index in [1.165, 1.54) is 7.11 Å². The van der Waals surface area contributed by atoms with Crippen molar-refractivity contribution in [2.75, 3.05) is 26.9 Å². The van der Waals surface area contributed by atoms with E-state index in [4.69, 9.17) is 23.7 Å². The summed E-state index contributed by atoms with van der Waals surface area (Å²) in [5.41, 5.74) is -4.66. The van der Waals surface area contributed by atoms with E-state index in [1.807, 2.05) is 0 Å². The topological polar surface area (TPSA) is 238 Å². The number of halogens is 3. The molecular formula is C54H69Br3N6O12. The lowest BCUT2D eigenvalue weighted by Crippen LogP contribution is -2.69. The Morgan fingerprint density at radius 2 is 0.800 bits per heavy atom. The van der Waals surface area contributed by atoms with Crippen LogP contribution in [0.5, 0.6) is 0 Å². The normalized spacial score (nSPS) is 24.7. The molecule has 408 valence electrons. The molecule has 0 radical (unpaired) electrons. The van der Waals surface area contributed by atoms with E-state index in [1.54, 1.807) is 135 Å². The van der Waals surface area contributed by atoms with Crippen LogP contribution in [-0.4, -0.2) is 109 Å². The highest BCUT2D eigenvalue weighted by Gasteiger charge is 2.58. The number of hydrogen-bond acceptors (Lipinski definition) is 12. The van der Waals surface area contributed by atoms with Crippen molar-refractivity contribution in [3.63, 3.8) is 0 Å². The fourth-order valence-corrected chi connectivity index (χ4v) is 10.5. The van der Waals surface area contributed by atoms with Crippen molar-refractivity contribution in [2.45, 2.75) is 140 Å². The predicted octanol–water partition coefficient (Wildman–Crippen LogP) is 7.33. The molecule has 0 bridgehead atoms. The van der Waals surface area contributed by atoms with Gasteiger partial charge in [-0.25, -0.2) is 9.59 Å². The van der Waals surface area contributed by atoms with Crippen LogP contribution in [0.1, 0.15) is 117 Å². The van der Waals surface area contributed by atoms with E-state index in [0.717, 1.165) is 13.4 Å². The number of ether oxygens (including phenoxy) is 5. The van der Waals surface area contributed by atoms with E-state index in [9.17, 15) is 14.4 Å². The van der Waals surface area contributed by atoms with Crippen molar-refractivity contribution < 1.29 is 57.2 Å². The minimum Gasteiger partial charge on any atom is -0.467 e. The zero-order chi connectivity index (χ0) is 55.2. The molecule has 0 unspecified atom stereocenters. The number of rotatable bonds is 18. The maximum Gasteiger partial charge on any atom is 0.408 e. The van der Waals surface area contributed by atoms with Crippen LogP contribution in [0, 0.1) is 17.8 Å². The first kappa shape index (κ1) is 59.3. The quantitative estimate of drug-likeness (QED) is 0.0687. The SMILES string of the molecule is COC(=O)[C@H](NC(=O)[C@]1(NC(=O)[C@H](NC(=O)[C@]2(NC(=O)[C@H](NC(=O)[C@@]3(NC(=O)OC(C)(C)C)CCO[C@H]3c3ccc(Br)cc3)C(C)C)CCO[C@@H]2c2ccc(Br)cc2)C(C)C)CCO[C@@H]1c1ccc(Br)cc1)C(C)C. The van der Waals surface area contributed by atoms with Gasteiger partial charge in [0.15, 0.2) is 16.6 Å². The highest BCUT2D eigenvalue weighted by molar-refractivity contribution is 9.11. The Labute approximate surface area is 463 Å². The first-order valence-corrected chi connectivity index (χ1v) is 27.4. The lowest BCUT2D eigenvalue weighted by molar-refractivity contribution is -0.148. The first-order chi connectivity index (χ1) is 35.3. The molecule has 3 aliphatic rings. The molecule has 0 saturated carbocycles. The number of carbonyl (C=O) groups is 7. The predicted molar refractivity (Wildman–Crippen MR) is 289 cm³/mol. The van der Waals surface area contributed by atoms with Gasteiger partial charge in [-0.15, -0.1) is 0 Å². The zero-order valence-corrected chi connectivity index (χ0v) is 48.7. The zero-order valence-electron chi connectivity index (χ0n) is 43.9. The summed E-state index contributed by atoms with van der Waals surface area (Å²) in [6.07, 6.45) is -4.02. The molecule has 0 aliphatic carbocycles. The van der Waals surface area contributed by atoms with Gasteiger partial charge in [-0.1, -0.05) is 126 Å². The molecule has 6 N–H and O–H groups in total. The van der Waals surface area contributed by atoms with Gasteiger partial charge < -0.3 is 55.6 Å². The number of nitrogens with one attached hydrogen (secondary N) is 6. The Balaban J connectivity index is 1.36. The molecule has 21 heteroatoms. The molecule has 9 atom stereocenters. The molecule has 3 heterocycles. The van der Waals surface area contributed by atoms with E-state index in [2.05, 4.69) is 79.7 Å². The van der Waals surface area contributed by atoms with E-state index < -0.39 is 118 Å². The van der Waals surface area contributed by atoms with Crippen LogP contribution < -0.4 is 31.9 Å². The van der Waals surface area contributed by atoms with E-state index in [-0.39, 0.29) is 39.1 Å². The van der Waals surface area contributed by atoms with Crippen molar-refractivity contribution in [2.24, 2.45) is 17.8 Å². The van der Waals surface area contributed by atoms with Gasteiger partial charge >= 0.3 is 12.1 Å². The lowest BCUT2D eigenvalue weighted by Gasteiger charge is -2.39. The second kappa shape index (κ2) is 24.6. The summed E-state index contributed by atoms with van der Waals surface area (Å²) in [4.78, 5) is 102. The summed E-state index contributed by atoms with van der Waals surface area (Å²) in [6.45, 7) is 15.7. The highest BCUT2D eigenvalue weighted by atomic mass is 79.9. The molecule has 6 rings (SSSR count). The molecule has 3 aromatic rings. The Morgan fingerprint density at radius 3 is 1.08 bits per heavy atom. The van der Waals surface area contributed by atoms with Crippen LogP contribution in [0.25, 0.3) is 0 Å². The van der Waals surface area contributed by atoms with Gasteiger partial charge in [0.1, 0.15) is 42.0 Å². The average Bonchev–Trinajstić information content (AvgIpc) is 4.09. The van der Waals surface area contributed by atoms with Crippen LogP contribution in [0.3, 0.4) is 0 Å². The summed E-state index contributed by atoms with van der Waals surface area (Å²) in [7, 11) is 1.22.